The van der Waals surface area contributed by atoms with Crippen LogP contribution in [-0.4, -0.2) is 24.5 Å². The molecule has 0 unspecified atom stereocenters. The number of aromatic nitrogens is 1. The Hall–Kier alpha value is -2.30. The molecule has 2 aromatic rings. The topological polar surface area (TPSA) is 84.0 Å². The van der Waals surface area contributed by atoms with Crippen LogP contribution in [0.2, 0.25) is 0 Å². The molecule has 1 aromatic carbocycles. The summed E-state index contributed by atoms with van der Waals surface area (Å²) in [5.41, 5.74) is 7.20. The number of amidine groups is 1. The number of benzene rings is 1. The molecule has 5 heteroatoms. The van der Waals surface area contributed by atoms with E-state index in [-0.39, 0.29) is 5.84 Å². The second-order valence-corrected chi connectivity index (χ2v) is 4.31. The van der Waals surface area contributed by atoms with Crippen molar-refractivity contribution in [3.05, 3.63) is 30.5 Å². The molecule has 4 N–H and O–H groups in total. The van der Waals surface area contributed by atoms with Gasteiger partial charge in [-0.25, -0.2) is 0 Å². The maximum Gasteiger partial charge on any atom is 0.121 e. The molecular weight excluding hydrogens is 240 g/mol. The van der Waals surface area contributed by atoms with E-state index < -0.39 is 0 Å². The van der Waals surface area contributed by atoms with Crippen LogP contribution in [0.5, 0.6) is 5.75 Å². The minimum atomic E-state index is 0.218. The minimum absolute atomic E-state index is 0.218. The summed E-state index contributed by atoms with van der Waals surface area (Å²) in [6.45, 7) is 0.748. The zero-order valence-corrected chi connectivity index (χ0v) is 10.9. The van der Waals surface area contributed by atoms with Gasteiger partial charge in [0.25, 0.3) is 0 Å². The number of hydrogen-bond donors (Lipinski definition) is 3. The van der Waals surface area contributed by atoms with Crippen molar-refractivity contribution in [3.63, 3.8) is 0 Å². The van der Waals surface area contributed by atoms with Gasteiger partial charge in [-0.2, -0.15) is 0 Å². The zero-order valence-electron chi connectivity index (χ0n) is 10.9. The van der Waals surface area contributed by atoms with Gasteiger partial charge in [-0.3, -0.25) is 10.4 Å². The van der Waals surface area contributed by atoms with Crippen molar-refractivity contribution in [2.24, 2.45) is 5.73 Å². The number of ether oxygens (including phenoxy) is 1. The minimum Gasteiger partial charge on any atom is -0.497 e. The van der Waals surface area contributed by atoms with E-state index in [1.165, 1.54) is 0 Å². The summed E-state index contributed by atoms with van der Waals surface area (Å²) in [4.78, 5) is 4.39. The third-order valence-electron chi connectivity index (χ3n) is 2.85. The first-order valence-electron chi connectivity index (χ1n) is 6.20. The van der Waals surface area contributed by atoms with Crippen LogP contribution >= 0.6 is 0 Å². The van der Waals surface area contributed by atoms with Gasteiger partial charge in [0.2, 0.25) is 0 Å². The van der Waals surface area contributed by atoms with Gasteiger partial charge in [-0.1, -0.05) is 6.07 Å². The van der Waals surface area contributed by atoms with Gasteiger partial charge in [0, 0.05) is 30.6 Å². The Bertz CT molecular complexity index is 583. The van der Waals surface area contributed by atoms with Gasteiger partial charge in [-0.05, 0) is 18.6 Å². The van der Waals surface area contributed by atoms with Crippen LogP contribution in [0.1, 0.15) is 12.8 Å². The molecular formula is C14H18N4O. The van der Waals surface area contributed by atoms with E-state index >= 15 is 0 Å². The van der Waals surface area contributed by atoms with E-state index in [0.717, 1.165) is 35.3 Å². The van der Waals surface area contributed by atoms with Crippen LogP contribution in [0, 0.1) is 5.41 Å². The molecule has 100 valence electrons. The Morgan fingerprint density at radius 3 is 3.05 bits per heavy atom. The Balaban J connectivity index is 2.18. The van der Waals surface area contributed by atoms with Crippen LogP contribution < -0.4 is 15.8 Å². The first kappa shape index (κ1) is 13.1. The third kappa shape index (κ3) is 3.34. The number of methoxy groups -OCH3 is 1. The highest BCUT2D eigenvalue weighted by Crippen LogP contribution is 2.27. The van der Waals surface area contributed by atoms with Crippen molar-refractivity contribution in [1.29, 1.82) is 5.41 Å². The number of nitrogens with one attached hydrogen (secondary N) is 2. The average Bonchev–Trinajstić information content (AvgIpc) is 2.42. The number of fused-ring (bicyclic) bond motifs is 1. The maximum atomic E-state index is 7.19. The second kappa shape index (κ2) is 6.04. The molecule has 0 amide bonds. The molecule has 1 heterocycles. The summed E-state index contributed by atoms with van der Waals surface area (Å²) in [5, 5.41) is 11.6. The molecule has 0 aliphatic carbocycles. The van der Waals surface area contributed by atoms with Gasteiger partial charge < -0.3 is 15.8 Å². The Labute approximate surface area is 112 Å². The largest absolute Gasteiger partial charge is 0.497 e. The third-order valence-corrected chi connectivity index (χ3v) is 2.85. The Morgan fingerprint density at radius 1 is 1.47 bits per heavy atom. The van der Waals surface area contributed by atoms with Gasteiger partial charge in [-0.15, -0.1) is 0 Å². The number of nitrogens with two attached hydrogens (primary N) is 1. The van der Waals surface area contributed by atoms with Crippen LogP contribution in [0.15, 0.2) is 30.5 Å². The van der Waals surface area contributed by atoms with Gasteiger partial charge in [0.1, 0.15) is 5.75 Å². The van der Waals surface area contributed by atoms with Crippen molar-refractivity contribution in [1.82, 2.24) is 4.98 Å². The molecule has 0 bridgehead atoms. The normalized spacial score (nSPS) is 10.4. The predicted octanol–water partition coefficient (Wildman–Crippen LogP) is 2.37. The van der Waals surface area contributed by atoms with Crippen molar-refractivity contribution in [2.45, 2.75) is 12.8 Å². The van der Waals surface area contributed by atoms with Crippen LogP contribution in [0.25, 0.3) is 10.9 Å². The molecule has 0 spiro atoms. The monoisotopic (exact) mass is 258 g/mol. The molecule has 0 fully saturated rings. The van der Waals surface area contributed by atoms with Gasteiger partial charge in [0.05, 0.1) is 24.1 Å². The molecule has 0 atom stereocenters. The summed E-state index contributed by atoms with van der Waals surface area (Å²) in [7, 11) is 1.65. The fourth-order valence-electron chi connectivity index (χ4n) is 1.92. The highest BCUT2D eigenvalue weighted by molar-refractivity contribution is 5.91. The summed E-state index contributed by atoms with van der Waals surface area (Å²) in [5.74, 6) is 1.02. The van der Waals surface area contributed by atoms with E-state index in [0.29, 0.717) is 6.42 Å². The van der Waals surface area contributed by atoms with Crippen molar-refractivity contribution in [2.75, 3.05) is 19.0 Å². The lowest BCUT2D eigenvalue weighted by molar-refractivity contribution is 0.415. The maximum absolute atomic E-state index is 7.19. The van der Waals surface area contributed by atoms with Gasteiger partial charge in [0.15, 0.2) is 0 Å². The van der Waals surface area contributed by atoms with Crippen LogP contribution in [0.3, 0.4) is 0 Å². The Kier molecular flexibility index (Phi) is 4.18. The quantitative estimate of drug-likeness (QED) is 0.422. The summed E-state index contributed by atoms with van der Waals surface area (Å²) in [6, 6.07) is 7.80. The lowest BCUT2D eigenvalue weighted by Crippen LogP contribution is -2.12. The number of pyridine rings is 1. The molecule has 0 saturated carbocycles. The molecule has 5 nitrogen and oxygen atoms in total. The van der Waals surface area contributed by atoms with E-state index in [2.05, 4.69) is 10.3 Å². The first-order valence-corrected chi connectivity index (χ1v) is 6.20. The zero-order chi connectivity index (χ0) is 13.7. The van der Waals surface area contributed by atoms with E-state index in [1.54, 1.807) is 13.3 Å². The van der Waals surface area contributed by atoms with Crippen LogP contribution in [-0.2, 0) is 0 Å². The number of nitrogens with zero attached hydrogens (tertiary/aromatic N) is 1. The second-order valence-electron chi connectivity index (χ2n) is 4.31. The molecule has 0 aliphatic heterocycles. The molecule has 19 heavy (non-hydrogen) atoms. The predicted molar refractivity (Wildman–Crippen MR) is 77.9 cm³/mol. The number of hydrogen-bond acceptors (Lipinski definition) is 4. The van der Waals surface area contributed by atoms with Crippen molar-refractivity contribution < 1.29 is 4.74 Å². The number of anilines is 1. The molecule has 2 rings (SSSR count). The Morgan fingerprint density at radius 2 is 2.32 bits per heavy atom. The summed E-state index contributed by atoms with van der Waals surface area (Å²) < 4.78 is 5.29. The highest BCUT2D eigenvalue weighted by Gasteiger charge is 2.05. The van der Waals surface area contributed by atoms with Crippen molar-refractivity contribution >= 4 is 22.4 Å². The van der Waals surface area contributed by atoms with E-state index in [9.17, 15) is 0 Å². The fraction of sp³-hybridized carbons (Fsp3) is 0.286. The fourth-order valence-corrected chi connectivity index (χ4v) is 1.92. The lowest BCUT2D eigenvalue weighted by atomic mass is 10.1. The molecule has 0 aliphatic rings. The summed E-state index contributed by atoms with van der Waals surface area (Å²) >= 11 is 0. The first-order chi connectivity index (χ1) is 9.20. The van der Waals surface area contributed by atoms with Crippen molar-refractivity contribution in [3.8, 4) is 5.75 Å². The molecule has 0 saturated heterocycles. The van der Waals surface area contributed by atoms with E-state index in [4.69, 9.17) is 15.9 Å². The highest BCUT2D eigenvalue weighted by atomic mass is 16.5. The average molecular weight is 258 g/mol. The van der Waals surface area contributed by atoms with Crippen LogP contribution in [0.4, 0.5) is 5.69 Å². The standard InChI is InChI=1S/C14H18N4O/c1-19-11-8-10-4-2-7-18-14(10)12(9-11)17-6-3-5-13(15)16/h2,4,7-9,17H,3,5-6H2,1H3,(H3,15,16). The smallest absolute Gasteiger partial charge is 0.121 e. The molecule has 0 radical (unpaired) electrons. The lowest BCUT2D eigenvalue weighted by Gasteiger charge is -2.11. The number of rotatable bonds is 6. The molecule has 1 aromatic heterocycles. The summed E-state index contributed by atoms with van der Waals surface area (Å²) in [6.07, 6.45) is 3.19. The van der Waals surface area contributed by atoms with Gasteiger partial charge >= 0.3 is 0 Å². The SMILES string of the molecule is COc1cc(NCCCC(=N)N)c2ncccc2c1. The van der Waals surface area contributed by atoms with E-state index in [1.807, 2.05) is 24.3 Å².